The van der Waals surface area contributed by atoms with E-state index in [0.717, 1.165) is 29.6 Å². The molecule has 0 spiro atoms. The van der Waals surface area contributed by atoms with E-state index in [4.69, 9.17) is 4.74 Å². The van der Waals surface area contributed by atoms with Crippen molar-refractivity contribution in [1.82, 2.24) is 5.32 Å². The summed E-state index contributed by atoms with van der Waals surface area (Å²) in [4.78, 5) is 0. The molecule has 2 unspecified atom stereocenters. The smallest absolute Gasteiger partial charge is 0.150 e. The van der Waals surface area contributed by atoms with E-state index in [9.17, 15) is 8.42 Å². The molecule has 1 aromatic rings. The lowest BCUT2D eigenvalue weighted by molar-refractivity contribution is 0.385. The molecule has 0 aliphatic carbocycles. The molecule has 6 heteroatoms. The van der Waals surface area contributed by atoms with Crippen molar-refractivity contribution < 1.29 is 13.2 Å². The first kappa shape index (κ1) is 16.8. The van der Waals surface area contributed by atoms with Crippen molar-refractivity contribution in [2.45, 2.75) is 25.8 Å². The molecular weight excluding hydrogens is 354 g/mol. The summed E-state index contributed by atoms with van der Waals surface area (Å²) in [6.07, 6.45) is 1.59. The van der Waals surface area contributed by atoms with Crippen molar-refractivity contribution in [3.05, 3.63) is 28.2 Å². The van der Waals surface area contributed by atoms with Crippen LogP contribution in [0, 0.1) is 5.92 Å². The molecule has 1 aliphatic heterocycles. The predicted molar refractivity (Wildman–Crippen MR) is 88.6 cm³/mol. The molecule has 0 saturated carbocycles. The Kier molecular flexibility index (Phi) is 5.68. The quantitative estimate of drug-likeness (QED) is 0.829. The summed E-state index contributed by atoms with van der Waals surface area (Å²) in [7, 11) is -1.20. The molecule has 0 amide bonds. The van der Waals surface area contributed by atoms with Crippen LogP contribution in [0.25, 0.3) is 0 Å². The number of hydrogen-bond acceptors (Lipinski definition) is 4. The third-order valence-corrected chi connectivity index (χ3v) is 6.39. The summed E-state index contributed by atoms with van der Waals surface area (Å²) in [6, 6.07) is 6.23. The van der Waals surface area contributed by atoms with Crippen molar-refractivity contribution in [1.29, 1.82) is 0 Å². The molecule has 2 rings (SSSR count). The lowest BCUT2D eigenvalue weighted by Crippen LogP contribution is -2.38. The van der Waals surface area contributed by atoms with Gasteiger partial charge in [0.1, 0.15) is 5.75 Å². The molecular formula is C15H22BrNO3S. The highest BCUT2D eigenvalue weighted by atomic mass is 79.9. The Morgan fingerprint density at radius 3 is 2.76 bits per heavy atom. The second kappa shape index (κ2) is 7.11. The Morgan fingerprint density at radius 1 is 1.48 bits per heavy atom. The van der Waals surface area contributed by atoms with E-state index >= 15 is 0 Å². The van der Waals surface area contributed by atoms with Crippen LogP contribution in [0.4, 0.5) is 0 Å². The highest BCUT2D eigenvalue weighted by molar-refractivity contribution is 9.10. The number of methoxy groups -OCH3 is 1. The van der Waals surface area contributed by atoms with Gasteiger partial charge in [-0.1, -0.05) is 13.0 Å². The third kappa shape index (κ3) is 4.44. The second-order valence-electron chi connectivity index (χ2n) is 5.50. The maximum absolute atomic E-state index is 11.7. The van der Waals surface area contributed by atoms with E-state index < -0.39 is 9.84 Å². The summed E-state index contributed by atoms with van der Waals surface area (Å²) in [5.41, 5.74) is 1.18. The van der Waals surface area contributed by atoms with E-state index in [1.54, 1.807) is 7.11 Å². The SMILES string of the molecule is CCNC(Cc1ccc(OC)c(Br)c1)C1CCS(=O)(=O)C1. The van der Waals surface area contributed by atoms with Crippen LogP contribution in [0.1, 0.15) is 18.9 Å². The summed E-state index contributed by atoms with van der Waals surface area (Å²) >= 11 is 3.50. The number of sulfone groups is 1. The maximum atomic E-state index is 11.7. The lowest BCUT2D eigenvalue weighted by atomic mass is 9.93. The average molecular weight is 376 g/mol. The van der Waals surface area contributed by atoms with Gasteiger partial charge in [-0.3, -0.25) is 0 Å². The molecule has 0 bridgehead atoms. The molecule has 118 valence electrons. The zero-order chi connectivity index (χ0) is 15.5. The summed E-state index contributed by atoms with van der Waals surface area (Å²) < 4.78 is 29.5. The first-order valence-corrected chi connectivity index (χ1v) is 9.83. The minimum Gasteiger partial charge on any atom is -0.496 e. The van der Waals surface area contributed by atoms with Gasteiger partial charge in [0.2, 0.25) is 0 Å². The van der Waals surface area contributed by atoms with Crippen molar-refractivity contribution >= 4 is 25.8 Å². The number of ether oxygens (including phenoxy) is 1. The van der Waals surface area contributed by atoms with Gasteiger partial charge in [-0.05, 0) is 58.9 Å². The van der Waals surface area contributed by atoms with Crippen LogP contribution in [0.5, 0.6) is 5.75 Å². The Bertz CT molecular complexity index is 589. The van der Waals surface area contributed by atoms with Gasteiger partial charge < -0.3 is 10.1 Å². The fourth-order valence-corrected chi connectivity index (χ4v) is 5.37. The van der Waals surface area contributed by atoms with Crippen LogP contribution in [0.2, 0.25) is 0 Å². The van der Waals surface area contributed by atoms with Gasteiger partial charge in [0.15, 0.2) is 9.84 Å². The highest BCUT2D eigenvalue weighted by Crippen LogP contribution is 2.28. The Labute approximate surface area is 135 Å². The van der Waals surface area contributed by atoms with Crippen LogP contribution in [0.15, 0.2) is 22.7 Å². The van der Waals surface area contributed by atoms with Crippen LogP contribution in [0.3, 0.4) is 0 Å². The van der Waals surface area contributed by atoms with Gasteiger partial charge in [-0.25, -0.2) is 8.42 Å². The number of hydrogen-bond donors (Lipinski definition) is 1. The number of nitrogens with one attached hydrogen (secondary N) is 1. The molecule has 1 fully saturated rings. The minimum atomic E-state index is -2.84. The average Bonchev–Trinajstić information content (AvgIpc) is 2.79. The molecule has 1 aromatic carbocycles. The van der Waals surface area contributed by atoms with E-state index in [1.807, 2.05) is 18.2 Å². The molecule has 1 N–H and O–H groups in total. The van der Waals surface area contributed by atoms with E-state index in [-0.39, 0.29) is 12.0 Å². The second-order valence-corrected chi connectivity index (χ2v) is 8.58. The van der Waals surface area contributed by atoms with E-state index in [1.165, 1.54) is 5.56 Å². The Morgan fingerprint density at radius 2 is 2.24 bits per heavy atom. The van der Waals surface area contributed by atoms with Gasteiger partial charge in [0.05, 0.1) is 23.1 Å². The highest BCUT2D eigenvalue weighted by Gasteiger charge is 2.33. The zero-order valence-corrected chi connectivity index (χ0v) is 14.8. The first-order chi connectivity index (χ1) is 9.95. The number of halogens is 1. The van der Waals surface area contributed by atoms with Crippen LogP contribution in [-0.4, -0.2) is 39.6 Å². The van der Waals surface area contributed by atoms with Crippen molar-refractivity contribution in [2.75, 3.05) is 25.2 Å². The number of benzene rings is 1. The summed E-state index contributed by atoms with van der Waals surface area (Å²) in [6.45, 7) is 2.90. The minimum absolute atomic E-state index is 0.201. The standard InChI is InChI=1S/C15H22BrNO3S/c1-3-17-14(12-6-7-21(18,19)10-12)9-11-4-5-15(20-2)13(16)8-11/h4-5,8,12,14,17H,3,6-7,9-10H2,1-2H3. The molecule has 1 aliphatic rings. The molecule has 2 atom stereocenters. The summed E-state index contributed by atoms with van der Waals surface area (Å²) in [5, 5.41) is 3.45. The summed E-state index contributed by atoms with van der Waals surface area (Å²) in [5.74, 6) is 1.64. The molecule has 0 radical (unpaired) electrons. The number of rotatable bonds is 6. The largest absolute Gasteiger partial charge is 0.496 e. The van der Waals surface area contributed by atoms with Crippen LogP contribution in [-0.2, 0) is 16.3 Å². The molecule has 1 heterocycles. The van der Waals surface area contributed by atoms with Gasteiger partial charge >= 0.3 is 0 Å². The van der Waals surface area contributed by atoms with Crippen molar-refractivity contribution in [2.24, 2.45) is 5.92 Å². The van der Waals surface area contributed by atoms with Crippen molar-refractivity contribution in [3.8, 4) is 5.75 Å². The van der Waals surface area contributed by atoms with E-state index in [0.29, 0.717) is 11.5 Å². The fraction of sp³-hybridized carbons (Fsp3) is 0.600. The fourth-order valence-electron chi connectivity index (χ4n) is 2.90. The molecule has 0 aromatic heterocycles. The molecule has 4 nitrogen and oxygen atoms in total. The Hall–Kier alpha value is -0.590. The van der Waals surface area contributed by atoms with Crippen LogP contribution < -0.4 is 10.1 Å². The lowest BCUT2D eigenvalue weighted by Gasteiger charge is -2.24. The molecule has 1 saturated heterocycles. The third-order valence-electron chi connectivity index (χ3n) is 3.97. The monoisotopic (exact) mass is 375 g/mol. The molecule has 21 heavy (non-hydrogen) atoms. The maximum Gasteiger partial charge on any atom is 0.150 e. The van der Waals surface area contributed by atoms with Crippen molar-refractivity contribution in [3.63, 3.8) is 0 Å². The van der Waals surface area contributed by atoms with Gasteiger partial charge in [-0.2, -0.15) is 0 Å². The van der Waals surface area contributed by atoms with Gasteiger partial charge in [0.25, 0.3) is 0 Å². The Balaban J connectivity index is 2.11. The number of likely N-dealkylation sites (N-methyl/N-ethyl adjacent to an activating group) is 1. The topological polar surface area (TPSA) is 55.4 Å². The van der Waals surface area contributed by atoms with E-state index in [2.05, 4.69) is 28.2 Å². The van der Waals surface area contributed by atoms with Gasteiger partial charge in [-0.15, -0.1) is 0 Å². The van der Waals surface area contributed by atoms with Crippen LogP contribution >= 0.6 is 15.9 Å². The first-order valence-electron chi connectivity index (χ1n) is 7.21. The zero-order valence-electron chi connectivity index (χ0n) is 12.4. The predicted octanol–water partition coefficient (Wildman–Crippen LogP) is 2.41. The normalized spacial score (nSPS) is 22.1. The van der Waals surface area contributed by atoms with Gasteiger partial charge in [0, 0.05) is 6.04 Å².